The molecule has 0 aliphatic rings. The summed E-state index contributed by atoms with van der Waals surface area (Å²) in [7, 11) is 0. The predicted molar refractivity (Wildman–Crippen MR) is 90.1 cm³/mol. The van der Waals surface area contributed by atoms with Crippen LogP contribution in [0.1, 0.15) is 22.9 Å². The third-order valence-electron chi connectivity index (χ3n) is 3.73. The number of nitrogens with zero attached hydrogens (tertiary/aromatic N) is 2. The molecule has 0 spiro atoms. The van der Waals surface area contributed by atoms with Gasteiger partial charge in [-0.2, -0.15) is 0 Å². The summed E-state index contributed by atoms with van der Waals surface area (Å²) in [5, 5.41) is 4.71. The standard InChI is InChI=1S/C17H19N3S/c1-11(9-14-7-5-4-6-8-14)20-16-15-12(2)13(3)21-17(15)19-10-18-16/h4-8,10-11H,9H2,1-3H3,(H,18,19,20). The number of nitrogens with one attached hydrogen (secondary N) is 1. The van der Waals surface area contributed by atoms with E-state index < -0.39 is 0 Å². The largest absolute Gasteiger partial charge is 0.367 e. The van der Waals surface area contributed by atoms with Crippen LogP contribution in [-0.4, -0.2) is 16.0 Å². The first-order valence-electron chi connectivity index (χ1n) is 7.16. The SMILES string of the molecule is Cc1sc2ncnc(NC(C)Cc3ccccc3)c2c1C. The van der Waals surface area contributed by atoms with Gasteiger partial charge >= 0.3 is 0 Å². The number of aromatic nitrogens is 2. The van der Waals surface area contributed by atoms with Crippen molar-refractivity contribution in [2.45, 2.75) is 33.2 Å². The lowest BCUT2D eigenvalue weighted by molar-refractivity contribution is 0.785. The molecule has 2 heterocycles. The molecular weight excluding hydrogens is 278 g/mol. The number of anilines is 1. The number of hydrogen-bond acceptors (Lipinski definition) is 4. The highest BCUT2D eigenvalue weighted by Crippen LogP contribution is 2.32. The lowest BCUT2D eigenvalue weighted by Gasteiger charge is -2.15. The van der Waals surface area contributed by atoms with Gasteiger partial charge < -0.3 is 5.32 Å². The van der Waals surface area contributed by atoms with Crippen LogP contribution in [0.5, 0.6) is 0 Å². The Labute approximate surface area is 129 Å². The molecule has 1 atom stereocenters. The van der Waals surface area contributed by atoms with Crippen LogP contribution < -0.4 is 5.32 Å². The Bertz CT molecular complexity index is 749. The van der Waals surface area contributed by atoms with Gasteiger partial charge in [-0.15, -0.1) is 11.3 Å². The Balaban J connectivity index is 1.84. The van der Waals surface area contributed by atoms with E-state index in [-0.39, 0.29) is 0 Å². The second-order valence-corrected chi connectivity index (χ2v) is 6.62. The van der Waals surface area contributed by atoms with Gasteiger partial charge in [-0.3, -0.25) is 0 Å². The van der Waals surface area contributed by atoms with E-state index in [1.165, 1.54) is 21.4 Å². The van der Waals surface area contributed by atoms with Crippen molar-refractivity contribution in [3.05, 3.63) is 52.7 Å². The van der Waals surface area contributed by atoms with Gasteiger partial charge in [-0.05, 0) is 38.3 Å². The average Bonchev–Trinajstić information content (AvgIpc) is 2.76. The number of thiophene rings is 1. The Hall–Kier alpha value is -1.94. The maximum atomic E-state index is 4.45. The van der Waals surface area contributed by atoms with Gasteiger partial charge in [-0.1, -0.05) is 30.3 Å². The van der Waals surface area contributed by atoms with Crippen LogP contribution in [0.2, 0.25) is 0 Å². The summed E-state index contributed by atoms with van der Waals surface area (Å²) in [6.07, 6.45) is 2.63. The highest BCUT2D eigenvalue weighted by molar-refractivity contribution is 7.18. The number of rotatable bonds is 4. The van der Waals surface area contributed by atoms with Crippen molar-refractivity contribution in [2.24, 2.45) is 0 Å². The van der Waals surface area contributed by atoms with E-state index in [1.54, 1.807) is 17.7 Å². The molecule has 1 N–H and O–H groups in total. The normalized spacial score (nSPS) is 12.5. The first-order chi connectivity index (χ1) is 10.1. The van der Waals surface area contributed by atoms with Crippen LogP contribution in [0.3, 0.4) is 0 Å². The zero-order valence-corrected chi connectivity index (χ0v) is 13.4. The smallest absolute Gasteiger partial charge is 0.138 e. The Morgan fingerprint density at radius 3 is 2.67 bits per heavy atom. The van der Waals surface area contributed by atoms with Gasteiger partial charge in [0.15, 0.2) is 0 Å². The van der Waals surface area contributed by atoms with Crippen molar-refractivity contribution in [2.75, 3.05) is 5.32 Å². The van der Waals surface area contributed by atoms with E-state index in [0.717, 1.165) is 17.1 Å². The highest BCUT2D eigenvalue weighted by atomic mass is 32.1. The Morgan fingerprint density at radius 2 is 1.90 bits per heavy atom. The molecule has 0 bridgehead atoms. The molecule has 0 saturated carbocycles. The fraction of sp³-hybridized carbons (Fsp3) is 0.294. The molecule has 3 nitrogen and oxygen atoms in total. The lowest BCUT2D eigenvalue weighted by atomic mass is 10.1. The van der Waals surface area contributed by atoms with Gasteiger partial charge in [-0.25, -0.2) is 9.97 Å². The van der Waals surface area contributed by atoms with Gasteiger partial charge in [0.25, 0.3) is 0 Å². The molecule has 0 aliphatic heterocycles. The molecule has 2 aromatic heterocycles. The monoisotopic (exact) mass is 297 g/mol. The van der Waals surface area contributed by atoms with Gasteiger partial charge in [0.1, 0.15) is 17.0 Å². The van der Waals surface area contributed by atoms with Crippen LogP contribution in [0.15, 0.2) is 36.7 Å². The van der Waals surface area contributed by atoms with Gasteiger partial charge in [0.05, 0.1) is 5.39 Å². The van der Waals surface area contributed by atoms with Crippen molar-refractivity contribution >= 4 is 27.4 Å². The van der Waals surface area contributed by atoms with Gasteiger partial charge in [0.2, 0.25) is 0 Å². The molecule has 1 aromatic carbocycles. The highest BCUT2D eigenvalue weighted by Gasteiger charge is 2.13. The van der Waals surface area contributed by atoms with Crippen LogP contribution in [0.25, 0.3) is 10.2 Å². The fourth-order valence-corrected chi connectivity index (χ4v) is 3.54. The molecular formula is C17H19N3S. The minimum atomic E-state index is 0.324. The number of aryl methyl sites for hydroxylation is 2. The van der Waals surface area contributed by atoms with E-state index in [0.29, 0.717) is 6.04 Å². The van der Waals surface area contributed by atoms with E-state index in [4.69, 9.17) is 0 Å². The predicted octanol–water partition coefficient (Wildman–Crippen LogP) is 4.35. The molecule has 21 heavy (non-hydrogen) atoms. The molecule has 3 aromatic rings. The summed E-state index contributed by atoms with van der Waals surface area (Å²) in [6, 6.07) is 10.9. The van der Waals surface area contributed by atoms with Crippen molar-refractivity contribution < 1.29 is 0 Å². The second kappa shape index (κ2) is 5.82. The maximum absolute atomic E-state index is 4.45. The van der Waals surface area contributed by atoms with Gasteiger partial charge in [0, 0.05) is 10.9 Å². The fourth-order valence-electron chi connectivity index (χ4n) is 2.54. The Kier molecular flexibility index (Phi) is 3.88. The third kappa shape index (κ3) is 2.90. The molecule has 0 aliphatic carbocycles. The summed E-state index contributed by atoms with van der Waals surface area (Å²) in [5.41, 5.74) is 2.62. The van der Waals surface area contributed by atoms with Crippen molar-refractivity contribution in [1.82, 2.24) is 9.97 Å². The third-order valence-corrected chi connectivity index (χ3v) is 4.85. The van der Waals surface area contributed by atoms with Crippen molar-refractivity contribution in [3.63, 3.8) is 0 Å². The molecule has 0 fully saturated rings. The summed E-state index contributed by atoms with van der Waals surface area (Å²) < 4.78 is 0. The topological polar surface area (TPSA) is 37.8 Å². The summed E-state index contributed by atoms with van der Waals surface area (Å²) in [4.78, 5) is 11.2. The quantitative estimate of drug-likeness (QED) is 0.778. The zero-order chi connectivity index (χ0) is 14.8. The molecule has 0 radical (unpaired) electrons. The van der Waals surface area contributed by atoms with Crippen LogP contribution in [-0.2, 0) is 6.42 Å². The minimum Gasteiger partial charge on any atom is -0.367 e. The van der Waals surface area contributed by atoms with E-state index in [2.05, 4.69) is 60.3 Å². The lowest BCUT2D eigenvalue weighted by Crippen LogP contribution is -2.19. The minimum absolute atomic E-state index is 0.324. The van der Waals surface area contributed by atoms with E-state index in [1.807, 2.05) is 6.07 Å². The number of hydrogen-bond donors (Lipinski definition) is 1. The average molecular weight is 297 g/mol. The maximum Gasteiger partial charge on any atom is 0.138 e. The first-order valence-corrected chi connectivity index (χ1v) is 7.98. The van der Waals surface area contributed by atoms with E-state index in [9.17, 15) is 0 Å². The van der Waals surface area contributed by atoms with Crippen LogP contribution >= 0.6 is 11.3 Å². The molecule has 1 unspecified atom stereocenters. The summed E-state index contributed by atoms with van der Waals surface area (Å²) in [5.74, 6) is 0.949. The molecule has 4 heteroatoms. The van der Waals surface area contributed by atoms with E-state index >= 15 is 0 Å². The number of benzene rings is 1. The van der Waals surface area contributed by atoms with Crippen LogP contribution in [0.4, 0.5) is 5.82 Å². The van der Waals surface area contributed by atoms with Crippen LogP contribution in [0, 0.1) is 13.8 Å². The molecule has 3 rings (SSSR count). The molecule has 108 valence electrons. The first kappa shape index (κ1) is 14.0. The Morgan fingerprint density at radius 1 is 1.14 bits per heavy atom. The number of fused-ring (bicyclic) bond motifs is 1. The second-order valence-electron chi connectivity index (χ2n) is 5.42. The van der Waals surface area contributed by atoms with Crippen molar-refractivity contribution in [1.29, 1.82) is 0 Å². The molecule has 0 amide bonds. The van der Waals surface area contributed by atoms with Crippen molar-refractivity contribution in [3.8, 4) is 0 Å². The molecule has 0 saturated heterocycles. The summed E-state index contributed by atoms with van der Waals surface area (Å²) in [6.45, 7) is 6.47. The zero-order valence-electron chi connectivity index (χ0n) is 12.6. The summed E-state index contributed by atoms with van der Waals surface area (Å²) >= 11 is 1.73.